The maximum absolute atomic E-state index is 12.4. The number of thioether (sulfide) groups is 1. The van der Waals surface area contributed by atoms with Crippen LogP contribution in [0.5, 0.6) is 0 Å². The van der Waals surface area contributed by atoms with Crippen molar-refractivity contribution in [1.29, 1.82) is 0 Å². The fourth-order valence-electron chi connectivity index (χ4n) is 2.84. The van der Waals surface area contributed by atoms with E-state index in [4.69, 9.17) is 5.73 Å². The third-order valence-electron chi connectivity index (χ3n) is 3.96. The molecule has 1 fully saturated rings. The number of hydrogen-bond acceptors (Lipinski definition) is 4. The lowest BCUT2D eigenvalue weighted by Crippen LogP contribution is -2.43. The van der Waals surface area contributed by atoms with Crippen LogP contribution in [-0.2, 0) is 4.79 Å². The molecule has 1 saturated carbocycles. The predicted molar refractivity (Wildman–Crippen MR) is 85.6 cm³/mol. The van der Waals surface area contributed by atoms with Gasteiger partial charge in [0.15, 0.2) is 5.78 Å². The van der Waals surface area contributed by atoms with Crippen molar-refractivity contribution in [1.82, 2.24) is 4.90 Å². The second kappa shape index (κ2) is 7.61. The quantitative estimate of drug-likeness (QED) is 0.620. The SMILES string of the molecule is CSc1ccc(C(=O)CN(CC(N)=O)C2CCCC2)cc1. The van der Waals surface area contributed by atoms with Crippen molar-refractivity contribution in [2.75, 3.05) is 19.3 Å². The molecule has 1 amide bonds. The zero-order chi connectivity index (χ0) is 15.2. The van der Waals surface area contributed by atoms with E-state index in [9.17, 15) is 9.59 Å². The number of Topliss-reactive ketones (excluding diaryl/α,β-unsaturated/α-hetero) is 1. The molecular formula is C16H22N2O2S. The van der Waals surface area contributed by atoms with Crippen LogP contribution in [0.1, 0.15) is 36.0 Å². The number of rotatable bonds is 7. The average molecular weight is 306 g/mol. The van der Waals surface area contributed by atoms with Crippen molar-refractivity contribution in [2.24, 2.45) is 5.73 Å². The summed E-state index contributed by atoms with van der Waals surface area (Å²) < 4.78 is 0. The summed E-state index contributed by atoms with van der Waals surface area (Å²) in [6.07, 6.45) is 6.43. The van der Waals surface area contributed by atoms with E-state index in [1.54, 1.807) is 11.8 Å². The molecule has 2 N–H and O–H groups in total. The maximum atomic E-state index is 12.4. The lowest BCUT2D eigenvalue weighted by molar-refractivity contribution is -0.119. The fraction of sp³-hybridized carbons (Fsp3) is 0.500. The zero-order valence-corrected chi connectivity index (χ0v) is 13.2. The van der Waals surface area contributed by atoms with Gasteiger partial charge in [-0.05, 0) is 31.2 Å². The molecule has 2 rings (SSSR count). The first-order chi connectivity index (χ1) is 10.1. The Bertz CT molecular complexity index is 496. The Kier molecular flexibility index (Phi) is 5.82. The van der Waals surface area contributed by atoms with E-state index in [2.05, 4.69) is 0 Å². The summed E-state index contributed by atoms with van der Waals surface area (Å²) in [5.41, 5.74) is 6.01. The Morgan fingerprint density at radius 1 is 1.19 bits per heavy atom. The standard InChI is InChI=1S/C16H22N2O2S/c1-21-14-8-6-12(7-9-14)15(19)10-18(11-16(17)20)13-4-2-3-5-13/h6-9,13H,2-5,10-11H2,1H3,(H2,17,20). The van der Waals surface area contributed by atoms with Gasteiger partial charge < -0.3 is 5.73 Å². The van der Waals surface area contributed by atoms with E-state index in [1.807, 2.05) is 35.4 Å². The van der Waals surface area contributed by atoms with Crippen LogP contribution in [0.3, 0.4) is 0 Å². The average Bonchev–Trinajstić information content (AvgIpc) is 3.00. The minimum Gasteiger partial charge on any atom is -0.369 e. The van der Waals surface area contributed by atoms with Gasteiger partial charge in [0.05, 0.1) is 13.1 Å². The third kappa shape index (κ3) is 4.58. The molecule has 0 atom stereocenters. The smallest absolute Gasteiger partial charge is 0.231 e. The molecule has 0 bridgehead atoms. The van der Waals surface area contributed by atoms with Crippen molar-refractivity contribution >= 4 is 23.5 Å². The molecule has 0 aliphatic heterocycles. The number of amides is 1. The summed E-state index contributed by atoms with van der Waals surface area (Å²) in [7, 11) is 0. The summed E-state index contributed by atoms with van der Waals surface area (Å²) in [6.45, 7) is 0.436. The number of nitrogens with zero attached hydrogens (tertiary/aromatic N) is 1. The van der Waals surface area contributed by atoms with Crippen LogP contribution in [0.15, 0.2) is 29.2 Å². The normalized spacial score (nSPS) is 15.5. The summed E-state index contributed by atoms with van der Waals surface area (Å²) >= 11 is 1.65. The molecule has 4 nitrogen and oxygen atoms in total. The summed E-state index contributed by atoms with van der Waals surface area (Å²) in [4.78, 5) is 26.7. The first-order valence-electron chi connectivity index (χ1n) is 7.29. The van der Waals surface area contributed by atoms with Crippen LogP contribution in [0.25, 0.3) is 0 Å². The molecular weight excluding hydrogens is 284 g/mol. The highest BCUT2D eigenvalue weighted by atomic mass is 32.2. The monoisotopic (exact) mass is 306 g/mol. The third-order valence-corrected chi connectivity index (χ3v) is 4.70. The van der Waals surface area contributed by atoms with E-state index in [0.29, 0.717) is 11.6 Å². The highest BCUT2D eigenvalue weighted by Crippen LogP contribution is 2.23. The highest BCUT2D eigenvalue weighted by Gasteiger charge is 2.25. The van der Waals surface area contributed by atoms with Crippen LogP contribution in [0.4, 0.5) is 0 Å². The molecule has 114 valence electrons. The Balaban J connectivity index is 2.03. The van der Waals surface area contributed by atoms with Crippen molar-refractivity contribution in [2.45, 2.75) is 36.6 Å². The molecule has 1 aliphatic rings. The van der Waals surface area contributed by atoms with E-state index >= 15 is 0 Å². The van der Waals surface area contributed by atoms with Gasteiger partial charge in [0.25, 0.3) is 0 Å². The Morgan fingerprint density at radius 2 is 1.81 bits per heavy atom. The van der Waals surface area contributed by atoms with Gasteiger partial charge >= 0.3 is 0 Å². The zero-order valence-electron chi connectivity index (χ0n) is 12.4. The van der Waals surface area contributed by atoms with Gasteiger partial charge in [0, 0.05) is 16.5 Å². The molecule has 21 heavy (non-hydrogen) atoms. The van der Waals surface area contributed by atoms with Gasteiger partial charge in [0.2, 0.25) is 5.91 Å². The summed E-state index contributed by atoms with van der Waals surface area (Å²) in [6, 6.07) is 7.92. The van der Waals surface area contributed by atoms with Gasteiger partial charge in [-0.2, -0.15) is 0 Å². The van der Waals surface area contributed by atoms with Crippen molar-refractivity contribution < 1.29 is 9.59 Å². The fourth-order valence-corrected chi connectivity index (χ4v) is 3.24. The van der Waals surface area contributed by atoms with Crippen molar-refractivity contribution in [3.05, 3.63) is 29.8 Å². The lowest BCUT2D eigenvalue weighted by Gasteiger charge is -2.26. The molecule has 0 unspecified atom stereocenters. The highest BCUT2D eigenvalue weighted by molar-refractivity contribution is 7.98. The molecule has 1 aromatic rings. The van der Waals surface area contributed by atoms with Crippen LogP contribution < -0.4 is 5.73 Å². The lowest BCUT2D eigenvalue weighted by atomic mass is 10.1. The van der Waals surface area contributed by atoms with Crippen LogP contribution in [-0.4, -0.2) is 42.0 Å². The minimum atomic E-state index is -0.368. The second-order valence-corrected chi connectivity index (χ2v) is 6.34. The van der Waals surface area contributed by atoms with Gasteiger partial charge in [-0.15, -0.1) is 11.8 Å². The first kappa shape index (κ1) is 16.0. The Morgan fingerprint density at radius 3 is 2.33 bits per heavy atom. The molecule has 0 saturated heterocycles. The molecule has 1 aliphatic carbocycles. The molecule has 0 heterocycles. The van der Waals surface area contributed by atoms with E-state index in [1.165, 1.54) is 0 Å². The van der Waals surface area contributed by atoms with Crippen molar-refractivity contribution in [3.8, 4) is 0 Å². The number of benzene rings is 1. The van der Waals surface area contributed by atoms with Crippen molar-refractivity contribution in [3.63, 3.8) is 0 Å². The number of ketones is 1. The van der Waals surface area contributed by atoms with Gasteiger partial charge in [0.1, 0.15) is 0 Å². The number of hydrogen-bond donors (Lipinski definition) is 1. The summed E-state index contributed by atoms with van der Waals surface area (Å²) in [5, 5.41) is 0. The Hall–Kier alpha value is -1.33. The van der Waals surface area contributed by atoms with Crippen LogP contribution in [0.2, 0.25) is 0 Å². The topological polar surface area (TPSA) is 63.4 Å². The van der Waals surface area contributed by atoms with Gasteiger partial charge in [-0.1, -0.05) is 25.0 Å². The predicted octanol–water partition coefficient (Wildman–Crippen LogP) is 2.32. The minimum absolute atomic E-state index is 0.0517. The summed E-state index contributed by atoms with van der Waals surface area (Å²) in [5.74, 6) is -0.316. The molecule has 0 radical (unpaired) electrons. The van der Waals surface area contributed by atoms with Gasteiger partial charge in [-0.3, -0.25) is 14.5 Å². The van der Waals surface area contributed by atoms with Crippen LogP contribution in [0, 0.1) is 0 Å². The van der Waals surface area contributed by atoms with E-state index in [0.717, 1.165) is 30.6 Å². The van der Waals surface area contributed by atoms with Gasteiger partial charge in [-0.25, -0.2) is 0 Å². The Labute approximate surface area is 130 Å². The molecule has 1 aromatic carbocycles. The number of nitrogens with two attached hydrogens (primary N) is 1. The first-order valence-corrected chi connectivity index (χ1v) is 8.52. The second-order valence-electron chi connectivity index (χ2n) is 5.46. The number of primary amides is 1. The van der Waals surface area contributed by atoms with Crippen LogP contribution >= 0.6 is 11.8 Å². The number of carbonyl (C=O) groups excluding carboxylic acids is 2. The maximum Gasteiger partial charge on any atom is 0.231 e. The molecule has 0 spiro atoms. The largest absolute Gasteiger partial charge is 0.369 e. The van der Waals surface area contributed by atoms with E-state index in [-0.39, 0.29) is 24.8 Å². The molecule has 5 heteroatoms. The molecule has 0 aromatic heterocycles. The number of carbonyl (C=O) groups is 2. The van der Waals surface area contributed by atoms with E-state index < -0.39 is 0 Å².